The summed E-state index contributed by atoms with van der Waals surface area (Å²) < 4.78 is 0. The monoisotopic (exact) mass is 119 g/mol. The van der Waals surface area contributed by atoms with Gasteiger partial charge in [0.2, 0.25) is 0 Å². The van der Waals surface area contributed by atoms with Gasteiger partial charge in [-0.25, -0.2) is 5.23 Å². The van der Waals surface area contributed by atoms with E-state index in [9.17, 15) is 5.21 Å². The number of hydrogen-bond acceptors (Lipinski definition) is 2. The van der Waals surface area contributed by atoms with Crippen LogP contribution in [-0.4, -0.2) is 12.6 Å². The van der Waals surface area contributed by atoms with Crippen LogP contribution in [0.4, 0.5) is 0 Å². The zero-order valence-electron chi connectivity index (χ0n) is 5.82. The van der Waals surface area contributed by atoms with Gasteiger partial charge >= 0.3 is 0 Å². The van der Waals surface area contributed by atoms with E-state index in [-0.39, 0.29) is 10.8 Å². The molecule has 1 N–H and O–H groups in total. The third-order valence-electron chi connectivity index (χ3n) is 0.450. The molecule has 1 atom stereocenters. The lowest BCUT2D eigenvalue weighted by Gasteiger charge is -2.23. The summed E-state index contributed by atoms with van der Waals surface area (Å²) in [5.74, 6) is 0. The van der Waals surface area contributed by atoms with E-state index >= 15 is 0 Å². The van der Waals surface area contributed by atoms with Crippen LogP contribution >= 0.6 is 0 Å². The van der Waals surface area contributed by atoms with Crippen LogP contribution in [-0.2, 0) is 4.84 Å². The van der Waals surface area contributed by atoms with Crippen LogP contribution in [0.1, 0.15) is 20.8 Å². The molecule has 0 radical (unpaired) electrons. The van der Waals surface area contributed by atoms with Crippen molar-refractivity contribution in [2.75, 3.05) is 7.05 Å². The van der Waals surface area contributed by atoms with Crippen LogP contribution in [0.25, 0.3) is 0 Å². The Morgan fingerprint density at radius 3 is 1.75 bits per heavy atom. The summed E-state index contributed by atoms with van der Waals surface area (Å²) in [7, 11) is 1.41. The van der Waals surface area contributed by atoms with Crippen LogP contribution in [0.15, 0.2) is 0 Å². The van der Waals surface area contributed by atoms with Crippen molar-refractivity contribution in [1.29, 1.82) is 0 Å². The van der Waals surface area contributed by atoms with Crippen LogP contribution in [0.3, 0.4) is 0 Å². The minimum Gasteiger partial charge on any atom is -0.600 e. The third-order valence-corrected chi connectivity index (χ3v) is 0.450. The molecule has 8 heavy (non-hydrogen) atoms. The van der Waals surface area contributed by atoms with Gasteiger partial charge in [-0.2, -0.15) is 4.84 Å². The molecule has 3 nitrogen and oxygen atoms in total. The summed E-state index contributed by atoms with van der Waals surface area (Å²) in [5.41, 5.74) is -0.328. The zero-order valence-corrected chi connectivity index (χ0v) is 5.82. The summed E-state index contributed by atoms with van der Waals surface area (Å²) in [6.07, 6.45) is 0. The molecule has 0 aromatic heterocycles. The second-order valence-electron chi connectivity index (χ2n) is 2.71. The average Bonchev–Trinajstić information content (AvgIpc) is 1.21. The lowest BCUT2D eigenvalue weighted by molar-refractivity contribution is -1.05. The van der Waals surface area contributed by atoms with Crippen LogP contribution in [0, 0.1) is 5.21 Å². The minimum absolute atomic E-state index is 0.225. The first-order valence-electron chi connectivity index (χ1n) is 2.61. The highest BCUT2D eigenvalue weighted by molar-refractivity contribution is 4.53. The molecule has 0 saturated heterocycles. The molecule has 0 fully saturated rings. The molecule has 0 aromatic rings. The van der Waals surface area contributed by atoms with Crippen LogP contribution < -0.4 is 5.23 Å². The molecule has 0 saturated carbocycles. The number of quaternary nitrogens is 1. The Balaban J connectivity index is 3.39. The van der Waals surface area contributed by atoms with Gasteiger partial charge in [-0.05, 0) is 20.8 Å². The largest absolute Gasteiger partial charge is 0.600 e. The summed E-state index contributed by atoms with van der Waals surface area (Å²) in [6.45, 7) is 5.52. The van der Waals surface area contributed by atoms with E-state index in [2.05, 4.69) is 0 Å². The lowest BCUT2D eigenvalue weighted by Crippen LogP contribution is -3.04. The second kappa shape index (κ2) is 2.44. The maximum absolute atomic E-state index is 10.2. The Hall–Kier alpha value is -0.120. The predicted molar refractivity (Wildman–Crippen MR) is 31.1 cm³/mol. The maximum atomic E-state index is 10.2. The molecule has 0 rings (SSSR count). The quantitative estimate of drug-likeness (QED) is 0.482. The highest BCUT2D eigenvalue weighted by Crippen LogP contribution is 2.00. The van der Waals surface area contributed by atoms with E-state index in [0.29, 0.717) is 0 Å². The van der Waals surface area contributed by atoms with E-state index in [0.717, 1.165) is 0 Å². The van der Waals surface area contributed by atoms with E-state index in [1.807, 2.05) is 20.8 Å². The Bertz CT molecular complexity index is 65.3. The summed E-state index contributed by atoms with van der Waals surface area (Å²) in [4.78, 5) is 4.80. The normalized spacial score (nSPS) is 16.1. The van der Waals surface area contributed by atoms with Crippen LogP contribution in [0.5, 0.6) is 0 Å². The Morgan fingerprint density at radius 2 is 1.75 bits per heavy atom. The lowest BCUT2D eigenvalue weighted by atomic mass is 10.2. The minimum atomic E-state index is -0.328. The summed E-state index contributed by atoms with van der Waals surface area (Å²) in [6, 6.07) is 0. The van der Waals surface area contributed by atoms with Crippen molar-refractivity contribution in [2.45, 2.75) is 26.4 Å². The molecular formula is C5H13NO2. The number of hydrogen-bond donors (Lipinski definition) is 1. The van der Waals surface area contributed by atoms with Crippen molar-refractivity contribution in [3.63, 3.8) is 0 Å². The van der Waals surface area contributed by atoms with E-state index < -0.39 is 0 Å². The second-order valence-corrected chi connectivity index (χ2v) is 2.71. The van der Waals surface area contributed by atoms with Gasteiger partial charge in [-0.1, -0.05) is 0 Å². The number of nitrogens with one attached hydrogen (secondary N) is 1. The third kappa shape index (κ3) is 5.88. The standard InChI is InChI=1S/C5H13NO2/c1-5(2,3)8-6(4)7/h6H,1-4H3. The van der Waals surface area contributed by atoms with Crippen molar-refractivity contribution < 1.29 is 10.1 Å². The zero-order chi connectivity index (χ0) is 6.78. The topological polar surface area (TPSA) is 36.7 Å². The molecule has 3 heteroatoms. The van der Waals surface area contributed by atoms with Crippen molar-refractivity contribution in [3.8, 4) is 0 Å². The molecule has 0 aliphatic heterocycles. The van der Waals surface area contributed by atoms with Gasteiger partial charge in [0.25, 0.3) is 0 Å². The van der Waals surface area contributed by atoms with E-state index in [4.69, 9.17) is 4.84 Å². The molecule has 0 bridgehead atoms. The Labute approximate surface area is 49.8 Å². The molecule has 0 spiro atoms. The highest BCUT2D eigenvalue weighted by atomic mass is 16.9. The molecule has 1 unspecified atom stereocenters. The first kappa shape index (κ1) is 7.88. The number of rotatable bonds is 1. The first-order valence-corrected chi connectivity index (χ1v) is 2.61. The molecule has 0 aliphatic rings. The van der Waals surface area contributed by atoms with Gasteiger partial charge in [0.15, 0.2) is 0 Å². The molecule has 0 heterocycles. The van der Waals surface area contributed by atoms with E-state index in [1.165, 1.54) is 7.05 Å². The van der Waals surface area contributed by atoms with Gasteiger partial charge in [0.1, 0.15) is 5.60 Å². The predicted octanol–water partition coefficient (Wildman–Crippen LogP) is -0.271. The molecule has 0 aliphatic carbocycles. The summed E-state index contributed by atoms with van der Waals surface area (Å²) in [5, 5.41) is 10.0. The average molecular weight is 119 g/mol. The van der Waals surface area contributed by atoms with Gasteiger partial charge in [-0.3, -0.25) is 0 Å². The smallest absolute Gasteiger partial charge is 0.119 e. The van der Waals surface area contributed by atoms with Gasteiger partial charge in [0, 0.05) is 0 Å². The van der Waals surface area contributed by atoms with E-state index in [1.54, 1.807) is 0 Å². The van der Waals surface area contributed by atoms with Crippen molar-refractivity contribution >= 4 is 0 Å². The Kier molecular flexibility index (Phi) is 2.40. The molecule has 0 amide bonds. The van der Waals surface area contributed by atoms with Crippen molar-refractivity contribution in [2.24, 2.45) is 0 Å². The molecule has 50 valence electrons. The summed E-state index contributed by atoms with van der Waals surface area (Å²) >= 11 is 0. The van der Waals surface area contributed by atoms with Crippen LogP contribution in [0.2, 0.25) is 0 Å². The van der Waals surface area contributed by atoms with Gasteiger partial charge in [0.05, 0.1) is 7.05 Å². The molecular weight excluding hydrogens is 106 g/mol. The SMILES string of the molecule is C[NH+]([O-])OC(C)(C)C. The van der Waals surface area contributed by atoms with Crippen molar-refractivity contribution in [3.05, 3.63) is 5.21 Å². The number of hydroxylamine groups is 2. The van der Waals surface area contributed by atoms with Gasteiger partial charge < -0.3 is 5.21 Å². The first-order chi connectivity index (χ1) is 3.42. The highest BCUT2D eigenvalue weighted by Gasteiger charge is 2.12. The fraction of sp³-hybridized carbons (Fsp3) is 1.00. The fourth-order valence-electron chi connectivity index (χ4n) is 0.431. The van der Waals surface area contributed by atoms with Crippen molar-refractivity contribution in [1.82, 2.24) is 0 Å². The fourth-order valence-corrected chi connectivity index (χ4v) is 0.431. The Morgan fingerprint density at radius 1 is 1.38 bits per heavy atom. The molecule has 0 aromatic carbocycles. The van der Waals surface area contributed by atoms with Gasteiger partial charge in [-0.15, -0.1) is 0 Å². The maximum Gasteiger partial charge on any atom is 0.119 e.